The van der Waals surface area contributed by atoms with Crippen molar-refractivity contribution in [2.75, 3.05) is 11.9 Å². The number of aryl methyl sites for hydroxylation is 1. The highest BCUT2D eigenvalue weighted by Gasteiger charge is 2.09. The Morgan fingerprint density at radius 1 is 1.22 bits per heavy atom. The summed E-state index contributed by atoms with van der Waals surface area (Å²) >= 11 is 5.69. The van der Waals surface area contributed by atoms with Gasteiger partial charge in [0.1, 0.15) is 11.6 Å². The quantitative estimate of drug-likeness (QED) is 0.646. The summed E-state index contributed by atoms with van der Waals surface area (Å²) in [6.07, 6.45) is 0.683. The zero-order chi connectivity index (χ0) is 19.4. The Morgan fingerprint density at radius 2 is 2.00 bits per heavy atom. The molecule has 1 amide bonds. The Bertz CT molecular complexity index is 1050. The molecular weight excluding hydrogens is 371 g/mol. The fourth-order valence-corrected chi connectivity index (χ4v) is 2.89. The highest BCUT2D eigenvalue weighted by atomic mass is 35.5. The molecule has 0 aliphatic heterocycles. The van der Waals surface area contributed by atoms with Gasteiger partial charge in [0, 0.05) is 30.6 Å². The van der Waals surface area contributed by atoms with Crippen LogP contribution in [0.25, 0.3) is 10.9 Å². The van der Waals surface area contributed by atoms with Gasteiger partial charge in [-0.1, -0.05) is 23.7 Å². The van der Waals surface area contributed by atoms with Gasteiger partial charge in [-0.2, -0.15) is 0 Å². The van der Waals surface area contributed by atoms with E-state index in [2.05, 4.69) is 5.32 Å². The molecule has 0 atom stereocenters. The van der Waals surface area contributed by atoms with Gasteiger partial charge in [-0.25, -0.2) is 4.39 Å². The van der Waals surface area contributed by atoms with Crippen molar-refractivity contribution in [1.82, 2.24) is 4.57 Å². The molecular formula is C20H18ClFN2O3. The fraction of sp³-hybridized carbons (Fsp3) is 0.200. The first-order chi connectivity index (χ1) is 13.0. The summed E-state index contributed by atoms with van der Waals surface area (Å²) in [4.78, 5) is 24.0. The minimum absolute atomic E-state index is 0.0475. The molecule has 0 aliphatic carbocycles. The number of fused-ring (bicyclic) bond motifs is 1. The van der Waals surface area contributed by atoms with Gasteiger partial charge in [-0.05, 0) is 36.8 Å². The molecule has 140 valence electrons. The second-order valence-corrected chi connectivity index (χ2v) is 6.46. The third-order valence-electron chi connectivity index (χ3n) is 4.13. The van der Waals surface area contributed by atoms with E-state index in [1.807, 2.05) is 24.3 Å². The number of anilines is 1. The Morgan fingerprint density at radius 3 is 2.78 bits per heavy atom. The first-order valence-corrected chi connectivity index (χ1v) is 8.80. The molecule has 0 aliphatic rings. The summed E-state index contributed by atoms with van der Waals surface area (Å²) in [5.41, 5.74) is 1.06. The van der Waals surface area contributed by atoms with Crippen molar-refractivity contribution in [1.29, 1.82) is 0 Å². The van der Waals surface area contributed by atoms with Crippen LogP contribution in [0, 0.1) is 5.82 Å². The van der Waals surface area contributed by atoms with Crippen LogP contribution in [0.15, 0.2) is 53.3 Å². The van der Waals surface area contributed by atoms with Crippen molar-refractivity contribution < 1.29 is 13.9 Å². The number of hydrogen-bond donors (Lipinski definition) is 1. The van der Waals surface area contributed by atoms with Crippen molar-refractivity contribution in [3.05, 3.63) is 69.7 Å². The molecule has 0 bridgehead atoms. The van der Waals surface area contributed by atoms with E-state index in [4.69, 9.17) is 16.3 Å². The van der Waals surface area contributed by atoms with E-state index in [0.717, 1.165) is 10.9 Å². The van der Waals surface area contributed by atoms with Gasteiger partial charge in [0.25, 0.3) is 5.56 Å². The molecule has 1 aromatic heterocycles. The molecule has 0 fully saturated rings. The number of halogens is 2. The average Bonchev–Trinajstić information content (AvgIpc) is 2.65. The number of nitrogens with zero attached hydrogens (tertiary/aromatic N) is 1. The summed E-state index contributed by atoms with van der Waals surface area (Å²) in [6, 6.07) is 12.9. The summed E-state index contributed by atoms with van der Waals surface area (Å²) in [6.45, 7) is 0.286. The average molecular weight is 389 g/mol. The number of aromatic nitrogens is 1. The van der Waals surface area contributed by atoms with Gasteiger partial charge in [0.05, 0.1) is 17.1 Å². The highest BCUT2D eigenvalue weighted by molar-refractivity contribution is 6.31. The van der Waals surface area contributed by atoms with Crippen LogP contribution in [0.2, 0.25) is 5.02 Å². The number of hydrogen-bond acceptors (Lipinski definition) is 3. The maximum Gasteiger partial charge on any atom is 0.254 e. The minimum atomic E-state index is -0.538. The van der Waals surface area contributed by atoms with Gasteiger partial charge in [-0.15, -0.1) is 0 Å². The van der Waals surface area contributed by atoms with Gasteiger partial charge >= 0.3 is 0 Å². The molecule has 0 unspecified atom stereocenters. The Labute approximate surface area is 160 Å². The smallest absolute Gasteiger partial charge is 0.254 e. The molecule has 0 saturated heterocycles. The van der Waals surface area contributed by atoms with Crippen molar-refractivity contribution in [3.8, 4) is 5.75 Å². The SMILES string of the molecule is Cn1c(=O)cc(OCCCC(=O)Nc2ccc(F)c(Cl)c2)c2ccccc21. The standard InChI is InChI=1S/C20H18ClFN2O3/c1-24-17-6-3-2-5-14(17)18(12-20(24)26)27-10-4-7-19(25)23-13-8-9-16(22)15(21)11-13/h2-3,5-6,8-9,11-12H,4,7,10H2,1H3,(H,23,25). The van der Waals surface area contributed by atoms with Crippen LogP contribution in [-0.2, 0) is 11.8 Å². The topological polar surface area (TPSA) is 60.3 Å². The van der Waals surface area contributed by atoms with E-state index in [-0.39, 0.29) is 29.5 Å². The largest absolute Gasteiger partial charge is 0.493 e. The van der Waals surface area contributed by atoms with Gasteiger partial charge in [0.15, 0.2) is 0 Å². The lowest BCUT2D eigenvalue weighted by Crippen LogP contribution is -2.17. The monoisotopic (exact) mass is 388 g/mol. The van der Waals surface area contributed by atoms with E-state index < -0.39 is 5.82 Å². The number of nitrogens with one attached hydrogen (secondary N) is 1. The van der Waals surface area contributed by atoms with Gasteiger partial charge in [-0.3, -0.25) is 9.59 Å². The minimum Gasteiger partial charge on any atom is -0.493 e. The summed E-state index contributed by atoms with van der Waals surface area (Å²) in [7, 11) is 1.71. The van der Waals surface area contributed by atoms with Crippen LogP contribution in [0.5, 0.6) is 5.75 Å². The Balaban J connectivity index is 1.57. The zero-order valence-electron chi connectivity index (χ0n) is 14.7. The lowest BCUT2D eigenvalue weighted by atomic mass is 10.2. The van der Waals surface area contributed by atoms with Crippen molar-refractivity contribution >= 4 is 34.1 Å². The van der Waals surface area contributed by atoms with Gasteiger partial charge in [0.2, 0.25) is 5.91 Å². The molecule has 5 nitrogen and oxygen atoms in total. The highest BCUT2D eigenvalue weighted by Crippen LogP contribution is 2.23. The predicted octanol–water partition coefficient (Wildman–Crippen LogP) is 4.13. The van der Waals surface area contributed by atoms with Crippen LogP contribution in [-0.4, -0.2) is 17.1 Å². The lowest BCUT2D eigenvalue weighted by molar-refractivity contribution is -0.116. The second-order valence-electron chi connectivity index (χ2n) is 6.05. The number of rotatable bonds is 6. The first-order valence-electron chi connectivity index (χ1n) is 8.42. The number of carbonyl (C=O) groups excluding carboxylic acids is 1. The lowest BCUT2D eigenvalue weighted by Gasteiger charge is -2.11. The number of carbonyl (C=O) groups is 1. The van der Waals surface area contributed by atoms with Gasteiger partial charge < -0.3 is 14.6 Å². The normalized spacial score (nSPS) is 10.8. The third kappa shape index (κ3) is 4.46. The van der Waals surface area contributed by atoms with E-state index >= 15 is 0 Å². The van der Waals surface area contributed by atoms with E-state index in [1.54, 1.807) is 11.6 Å². The molecule has 1 heterocycles. The van der Waals surface area contributed by atoms with Crippen LogP contribution < -0.4 is 15.6 Å². The Kier molecular flexibility index (Phi) is 5.76. The molecule has 7 heteroatoms. The molecule has 0 spiro atoms. The molecule has 0 radical (unpaired) electrons. The van der Waals surface area contributed by atoms with Crippen molar-refractivity contribution in [3.63, 3.8) is 0 Å². The van der Waals surface area contributed by atoms with Crippen LogP contribution in [0.3, 0.4) is 0 Å². The van der Waals surface area contributed by atoms with Crippen molar-refractivity contribution in [2.24, 2.45) is 7.05 Å². The van der Waals surface area contributed by atoms with E-state index in [1.165, 1.54) is 24.3 Å². The Hall–Kier alpha value is -2.86. The molecule has 27 heavy (non-hydrogen) atoms. The van der Waals surface area contributed by atoms with Crippen molar-refractivity contribution in [2.45, 2.75) is 12.8 Å². The number of amides is 1. The maximum absolute atomic E-state index is 13.1. The van der Waals surface area contributed by atoms with Crippen LogP contribution >= 0.6 is 11.6 Å². The fourth-order valence-electron chi connectivity index (χ4n) is 2.71. The molecule has 3 aromatic rings. The van der Waals surface area contributed by atoms with E-state index in [0.29, 0.717) is 17.9 Å². The number of benzene rings is 2. The van der Waals surface area contributed by atoms with Crippen LogP contribution in [0.4, 0.5) is 10.1 Å². The van der Waals surface area contributed by atoms with E-state index in [9.17, 15) is 14.0 Å². The molecule has 0 saturated carbocycles. The number of para-hydroxylation sites is 1. The number of pyridine rings is 1. The first kappa shape index (κ1) is 18.9. The van der Waals surface area contributed by atoms with Crippen LogP contribution in [0.1, 0.15) is 12.8 Å². The molecule has 3 rings (SSSR count). The summed E-state index contributed by atoms with van der Waals surface area (Å²) in [5.74, 6) is -0.265. The predicted molar refractivity (Wildman–Crippen MR) is 104 cm³/mol. The third-order valence-corrected chi connectivity index (χ3v) is 4.41. The molecule has 2 aromatic carbocycles. The number of ether oxygens (including phenoxy) is 1. The molecule has 1 N–H and O–H groups in total. The summed E-state index contributed by atoms with van der Waals surface area (Å²) < 4.78 is 20.4. The second kappa shape index (κ2) is 8.22. The zero-order valence-corrected chi connectivity index (χ0v) is 15.4. The summed E-state index contributed by atoms with van der Waals surface area (Å²) in [5, 5.41) is 3.45. The maximum atomic E-state index is 13.1.